The molecule has 0 spiro atoms. The minimum absolute atomic E-state index is 0.195. The van der Waals surface area contributed by atoms with Crippen molar-refractivity contribution in [2.24, 2.45) is 0 Å². The number of rotatable bonds is 4. The molecule has 0 aliphatic carbocycles. The number of hydrogen-bond donors (Lipinski definition) is 0. The van der Waals surface area contributed by atoms with Gasteiger partial charge in [-0.05, 0) is 46.6 Å². The third-order valence-electron chi connectivity index (χ3n) is 3.10. The van der Waals surface area contributed by atoms with E-state index >= 15 is 0 Å². The predicted octanol–water partition coefficient (Wildman–Crippen LogP) is 4.04. The molecule has 4 nitrogen and oxygen atoms in total. The quantitative estimate of drug-likeness (QED) is 0.805. The topological polar surface area (TPSA) is 36.3 Å². The predicted molar refractivity (Wildman–Crippen MR) is 78.3 cm³/mol. The van der Waals surface area contributed by atoms with E-state index in [1.165, 1.54) is 18.9 Å². The van der Waals surface area contributed by atoms with Crippen molar-refractivity contribution < 1.29 is 22.6 Å². The molecule has 1 aromatic carbocycles. The van der Waals surface area contributed by atoms with Crippen LogP contribution in [0.15, 0.2) is 22.7 Å². The Labute approximate surface area is 134 Å². The standard InChI is InChI=1S/C14H14BrF3N2O2/c1-8-4-12(14(16,17)18)19-20(8)7-9-5-10(15)13(22-3)11(6-9)21-2/h4-6H,7H2,1-3H3. The monoisotopic (exact) mass is 378 g/mol. The Balaban J connectivity index is 2.35. The third-order valence-corrected chi connectivity index (χ3v) is 3.69. The first-order valence-electron chi connectivity index (χ1n) is 6.28. The van der Waals surface area contributed by atoms with Gasteiger partial charge in [-0.2, -0.15) is 18.3 Å². The second-order valence-electron chi connectivity index (χ2n) is 4.64. The summed E-state index contributed by atoms with van der Waals surface area (Å²) in [5.74, 6) is 1.02. The van der Waals surface area contributed by atoms with Crippen molar-refractivity contribution >= 4 is 15.9 Å². The summed E-state index contributed by atoms with van der Waals surface area (Å²) in [5.41, 5.74) is 0.271. The maximum Gasteiger partial charge on any atom is 0.435 e. The number of hydrogen-bond acceptors (Lipinski definition) is 3. The maximum atomic E-state index is 12.7. The van der Waals surface area contributed by atoms with Crippen LogP contribution in [0.2, 0.25) is 0 Å². The molecule has 0 unspecified atom stereocenters. The van der Waals surface area contributed by atoms with Gasteiger partial charge in [0.05, 0.1) is 25.2 Å². The Hall–Kier alpha value is -1.70. The highest BCUT2D eigenvalue weighted by Crippen LogP contribution is 2.36. The molecule has 0 saturated carbocycles. The van der Waals surface area contributed by atoms with Crippen molar-refractivity contribution in [1.82, 2.24) is 9.78 Å². The number of alkyl halides is 3. The second-order valence-corrected chi connectivity index (χ2v) is 5.49. The lowest BCUT2D eigenvalue weighted by Gasteiger charge is -2.12. The van der Waals surface area contributed by atoms with Crippen LogP contribution >= 0.6 is 15.9 Å². The summed E-state index contributed by atoms with van der Waals surface area (Å²) in [4.78, 5) is 0. The molecular formula is C14H14BrF3N2O2. The smallest absolute Gasteiger partial charge is 0.435 e. The van der Waals surface area contributed by atoms with E-state index in [0.29, 0.717) is 21.7 Å². The van der Waals surface area contributed by atoms with Crippen molar-refractivity contribution in [2.75, 3.05) is 14.2 Å². The van der Waals surface area contributed by atoms with Crippen LogP contribution in [0.5, 0.6) is 11.5 Å². The maximum absolute atomic E-state index is 12.7. The second kappa shape index (κ2) is 6.20. The average molecular weight is 379 g/mol. The van der Waals surface area contributed by atoms with Gasteiger partial charge in [0.25, 0.3) is 0 Å². The Kier molecular flexibility index (Phi) is 4.69. The molecule has 0 atom stereocenters. The summed E-state index contributed by atoms with van der Waals surface area (Å²) >= 11 is 3.35. The SMILES string of the molecule is COc1cc(Cn2nc(C(F)(F)F)cc2C)cc(Br)c1OC. The molecule has 0 aliphatic rings. The fraction of sp³-hybridized carbons (Fsp3) is 0.357. The number of methoxy groups -OCH3 is 2. The summed E-state index contributed by atoms with van der Waals surface area (Å²) in [6.45, 7) is 1.78. The first-order chi connectivity index (χ1) is 10.3. The van der Waals surface area contributed by atoms with Crippen molar-refractivity contribution in [1.29, 1.82) is 0 Å². The van der Waals surface area contributed by atoms with E-state index < -0.39 is 11.9 Å². The van der Waals surface area contributed by atoms with E-state index in [9.17, 15) is 13.2 Å². The molecule has 0 fully saturated rings. The zero-order valence-corrected chi connectivity index (χ0v) is 13.7. The van der Waals surface area contributed by atoms with Crippen molar-refractivity contribution in [3.8, 4) is 11.5 Å². The lowest BCUT2D eigenvalue weighted by molar-refractivity contribution is -0.141. The molecule has 8 heteroatoms. The lowest BCUT2D eigenvalue weighted by atomic mass is 10.2. The molecule has 0 aliphatic heterocycles. The summed E-state index contributed by atoms with van der Waals surface area (Å²) < 4.78 is 50.4. The van der Waals surface area contributed by atoms with Gasteiger partial charge in [-0.25, -0.2) is 0 Å². The highest BCUT2D eigenvalue weighted by molar-refractivity contribution is 9.10. The first-order valence-corrected chi connectivity index (χ1v) is 7.07. The fourth-order valence-corrected chi connectivity index (χ4v) is 2.70. The molecule has 0 radical (unpaired) electrons. The molecular weight excluding hydrogens is 365 g/mol. The van der Waals surface area contributed by atoms with Gasteiger partial charge in [-0.15, -0.1) is 0 Å². The highest BCUT2D eigenvalue weighted by Gasteiger charge is 2.34. The minimum atomic E-state index is -4.45. The molecule has 2 rings (SSSR count). The van der Waals surface area contributed by atoms with Gasteiger partial charge in [0.2, 0.25) is 0 Å². The fourth-order valence-electron chi connectivity index (χ4n) is 2.04. The number of ether oxygens (including phenoxy) is 2. The third kappa shape index (κ3) is 3.37. The van der Waals surface area contributed by atoms with Gasteiger partial charge in [0.1, 0.15) is 0 Å². The van der Waals surface area contributed by atoms with Crippen LogP contribution in [0.1, 0.15) is 17.0 Å². The highest BCUT2D eigenvalue weighted by atomic mass is 79.9. The molecule has 0 N–H and O–H groups in total. The largest absolute Gasteiger partial charge is 0.493 e. The molecule has 0 bridgehead atoms. The molecule has 1 heterocycles. The van der Waals surface area contributed by atoms with Gasteiger partial charge < -0.3 is 9.47 Å². The number of halogens is 4. The normalized spacial score (nSPS) is 11.6. The van der Waals surface area contributed by atoms with Gasteiger partial charge in [-0.1, -0.05) is 0 Å². The van der Waals surface area contributed by atoms with E-state index in [2.05, 4.69) is 21.0 Å². The van der Waals surface area contributed by atoms with Crippen molar-refractivity contribution in [2.45, 2.75) is 19.6 Å². The Morgan fingerprint density at radius 2 is 1.86 bits per heavy atom. The van der Waals surface area contributed by atoms with Gasteiger partial charge in [0.15, 0.2) is 17.2 Å². The Bertz CT molecular complexity index is 683. The van der Waals surface area contributed by atoms with Gasteiger partial charge >= 0.3 is 6.18 Å². The van der Waals surface area contributed by atoms with Crippen LogP contribution in [-0.4, -0.2) is 24.0 Å². The summed E-state index contributed by atoms with van der Waals surface area (Å²) in [6.07, 6.45) is -4.45. The molecule has 0 amide bonds. The van der Waals surface area contributed by atoms with Gasteiger partial charge in [0, 0.05) is 5.69 Å². The molecule has 22 heavy (non-hydrogen) atoms. The van der Waals surface area contributed by atoms with Crippen molar-refractivity contribution in [3.63, 3.8) is 0 Å². The minimum Gasteiger partial charge on any atom is -0.493 e. The number of benzene rings is 1. The Morgan fingerprint density at radius 3 is 2.36 bits per heavy atom. The van der Waals surface area contributed by atoms with Crippen LogP contribution < -0.4 is 9.47 Å². The van der Waals surface area contributed by atoms with E-state index in [1.54, 1.807) is 19.1 Å². The molecule has 2 aromatic rings. The molecule has 1 aromatic heterocycles. The first kappa shape index (κ1) is 16.7. The Morgan fingerprint density at radius 1 is 1.18 bits per heavy atom. The van der Waals surface area contributed by atoms with E-state index in [0.717, 1.165) is 11.6 Å². The van der Waals surface area contributed by atoms with Crippen molar-refractivity contribution in [3.05, 3.63) is 39.6 Å². The summed E-state index contributed by atoms with van der Waals surface area (Å²) in [5, 5.41) is 3.61. The summed E-state index contributed by atoms with van der Waals surface area (Å²) in [7, 11) is 3.00. The lowest BCUT2D eigenvalue weighted by Crippen LogP contribution is -2.09. The molecule has 0 saturated heterocycles. The zero-order valence-electron chi connectivity index (χ0n) is 12.2. The van der Waals surface area contributed by atoms with Crippen LogP contribution in [-0.2, 0) is 12.7 Å². The van der Waals surface area contributed by atoms with Gasteiger partial charge in [-0.3, -0.25) is 4.68 Å². The summed E-state index contributed by atoms with van der Waals surface area (Å²) in [6, 6.07) is 4.49. The average Bonchev–Trinajstić information content (AvgIpc) is 2.79. The van der Waals surface area contributed by atoms with Crippen LogP contribution in [0.25, 0.3) is 0 Å². The number of nitrogens with zero attached hydrogens (tertiary/aromatic N) is 2. The zero-order chi connectivity index (χ0) is 16.5. The number of aryl methyl sites for hydroxylation is 1. The van der Waals surface area contributed by atoms with E-state index in [1.807, 2.05) is 0 Å². The van der Waals surface area contributed by atoms with E-state index in [-0.39, 0.29) is 6.54 Å². The van der Waals surface area contributed by atoms with Crippen LogP contribution in [0.3, 0.4) is 0 Å². The van der Waals surface area contributed by atoms with Crippen LogP contribution in [0, 0.1) is 6.92 Å². The molecule has 120 valence electrons. The van der Waals surface area contributed by atoms with Crippen LogP contribution in [0.4, 0.5) is 13.2 Å². The van der Waals surface area contributed by atoms with E-state index in [4.69, 9.17) is 9.47 Å². The number of aromatic nitrogens is 2.